The predicted molar refractivity (Wildman–Crippen MR) is 123 cm³/mol. The first kappa shape index (κ1) is 21.4. The second-order valence-corrected chi connectivity index (χ2v) is 11.0. The van der Waals surface area contributed by atoms with Gasteiger partial charge in [0.25, 0.3) is 0 Å². The van der Waals surface area contributed by atoms with Gasteiger partial charge in [0.15, 0.2) is 5.78 Å². The molecule has 0 radical (unpaired) electrons. The molecule has 1 saturated heterocycles. The van der Waals surface area contributed by atoms with Gasteiger partial charge in [0.05, 0.1) is 16.3 Å². The highest BCUT2D eigenvalue weighted by Gasteiger charge is 2.31. The molecule has 0 unspecified atom stereocenters. The molecule has 2 heterocycles. The van der Waals surface area contributed by atoms with E-state index >= 15 is 0 Å². The second kappa shape index (κ2) is 8.80. The first-order chi connectivity index (χ1) is 15.5. The summed E-state index contributed by atoms with van der Waals surface area (Å²) in [7, 11) is -3.47. The molecule has 2 aromatic carbocycles. The highest BCUT2D eigenvalue weighted by molar-refractivity contribution is 7.99. The molecule has 2 aliphatic rings. The standard InChI is InChI=1S/C23H24N4O3S2/c28-21(17-10-12-20(13-11-17)32(29,30)26-14-4-5-15-26)16-31-23-24-22(18-8-9-18)27(25-23)19-6-2-1-3-7-19/h1-3,6-7,10-13,18H,4-5,8-9,14-16H2. The van der Waals surface area contributed by atoms with Crippen molar-refractivity contribution < 1.29 is 13.2 Å². The lowest BCUT2D eigenvalue weighted by Crippen LogP contribution is -2.27. The van der Waals surface area contributed by atoms with E-state index in [0.717, 1.165) is 37.2 Å². The van der Waals surface area contributed by atoms with Crippen molar-refractivity contribution in [3.05, 3.63) is 66.0 Å². The average Bonchev–Trinajstić information content (AvgIpc) is 3.33. The van der Waals surface area contributed by atoms with E-state index in [1.807, 2.05) is 35.0 Å². The number of sulfonamides is 1. The Kier molecular flexibility index (Phi) is 5.88. The van der Waals surface area contributed by atoms with Crippen LogP contribution in [0.2, 0.25) is 0 Å². The highest BCUT2D eigenvalue weighted by Crippen LogP contribution is 2.40. The van der Waals surface area contributed by atoms with Crippen LogP contribution in [0.25, 0.3) is 5.69 Å². The first-order valence-corrected chi connectivity index (χ1v) is 13.2. The summed E-state index contributed by atoms with van der Waals surface area (Å²) in [5.41, 5.74) is 1.46. The quantitative estimate of drug-likeness (QED) is 0.368. The van der Waals surface area contributed by atoms with Gasteiger partial charge in [0, 0.05) is 24.6 Å². The Morgan fingerprint density at radius 3 is 2.34 bits per heavy atom. The number of hydrogen-bond acceptors (Lipinski definition) is 6. The minimum absolute atomic E-state index is 0.0795. The van der Waals surface area contributed by atoms with E-state index in [-0.39, 0.29) is 16.4 Å². The zero-order valence-corrected chi connectivity index (χ0v) is 19.2. The third kappa shape index (κ3) is 4.37. The molecular weight excluding hydrogens is 444 g/mol. The molecule has 1 aliphatic carbocycles. The van der Waals surface area contributed by atoms with Gasteiger partial charge in [0.2, 0.25) is 15.2 Å². The van der Waals surface area contributed by atoms with E-state index in [1.54, 1.807) is 12.1 Å². The lowest BCUT2D eigenvalue weighted by Gasteiger charge is -2.15. The van der Waals surface area contributed by atoms with Gasteiger partial charge in [-0.2, -0.15) is 4.31 Å². The van der Waals surface area contributed by atoms with Gasteiger partial charge < -0.3 is 0 Å². The smallest absolute Gasteiger partial charge is 0.243 e. The first-order valence-electron chi connectivity index (χ1n) is 10.8. The van der Waals surface area contributed by atoms with Crippen molar-refractivity contribution in [2.45, 2.75) is 41.7 Å². The van der Waals surface area contributed by atoms with Crippen molar-refractivity contribution in [1.82, 2.24) is 19.1 Å². The van der Waals surface area contributed by atoms with E-state index in [0.29, 0.717) is 29.7 Å². The van der Waals surface area contributed by atoms with Crippen molar-refractivity contribution in [2.75, 3.05) is 18.8 Å². The summed E-state index contributed by atoms with van der Waals surface area (Å²) >= 11 is 1.31. The molecule has 0 N–H and O–H groups in total. The molecule has 0 amide bonds. The molecule has 166 valence electrons. The van der Waals surface area contributed by atoms with Crippen molar-refractivity contribution in [1.29, 1.82) is 0 Å². The number of Topliss-reactive ketones (excluding diaryl/α,β-unsaturated/α-hetero) is 1. The molecule has 7 nitrogen and oxygen atoms in total. The zero-order chi connectivity index (χ0) is 22.1. The second-order valence-electron chi connectivity index (χ2n) is 8.12. The number of benzene rings is 2. The van der Waals surface area contributed by atoms with Gasteiger partial charge in [-0.05, 0) is 49.9 Å². The van der Waals surface area contributed by atoms with Crippen LogP contribution in [-0.2, 0) is 10.0 Å². The number of carbonyl (C=O) groups excluding carboxylic acids is 1. The zero-order valence-electron chi connectivity index (χ0n) is 17.6. The van der Waals surface area contributed by atoms with Crippen molar-refractivity contribution in [3.8, 4) is 5.69 Å². The van der Waals surface area contributed by atoms with Crippen LogP contribution in [0, 0.1) is 0 Å². The summed E-state index contributed by atoms with van der Waals surface area (Å²) in [5.74, 6) is 1.49. The fourth-order valence-electron chi connectivity index (χ4n) is 3.83. The molecule has 0 atom stereocenters. The normalized spacial score (nSPS) is 17.0. The summed E-state index contributed by atoms with van der Waals surface area (Å²) < 4.78 is 28.7. The number of ketones is 1. The fourth-order valence-corrected chi connectivity index (χ4v) is 6.08. The van der Waals surface area contributed by atoms with Crippen LogP contribution in [0.4, 0.5) is 0 Å². The molecule has 0 bridgehead atoms. The number of thioether (sulfide) groups is 1. The maximum absolute atomic E-state index is 12.7. The summed E-state index contributed by atoms with van der Waals surface area (Å²) in [6, 6.07) is 16.1. The van der Waals surface area contributed by atoms with Gasteiger partial charge in [-0.25, -0.2) is 18.1 Å². The minimum Gasteiger partial charge on any atom is -0.293 e. The van der Waals surface area contributed by atoms with Crippen LogP contribution in [0.3, 0.4) is 0 Å². The van der Waals surface area contributed by atoms with Crippen molar-refractivity contribution >= 4 is 27.6 Å². The van der Waals surface area contributed by atoms with Crippen molar-refractivity contribution in [3.63, 3.8) is 0 Å². The molecule has 32 heavy (non-hydrogen) atoms. The van der Waals surface area contributed by atoms with Gasteiger partial charge in [-0.3, -0.25) is 4.79 Å². The molecule has 1 aromatic heterocycles. The monoisotopic (exact) mass is 468 g/mol. The van der Waals surface area contributed by atoms with Gasteiger partial charge >= 0.3 is 0 Å². The number of nitrogens with zero attached hydrogens (tertiary/aromatic N) is 4. The Hall–Kier alpha value is -2.49. The van der Waals surface area contributed by atoms with E-state index in [1.165, 1.54) is 28.2 Å². The summed E-state index contributed by atoms with van der Waals surface area (Å²) in [6.45, 7) is 1.12. The fraction of sp³-hybridized carbons (Fsp3) is 0.348. The van der Waals surface area contributed by atoms with Crippen LogP contribution in [0.1, 0.15) is 47.8 Å². The Labute approximate surface area is 191 Å². The number of carbonyl (C=O) groups is 1. The van der Waals surface area contributed by atoms with Gasteiger partial charge in [0.1, 0.15) is 5.82 Å². The summed E-state index contributed by atoms with van der Waals surface area (Å²) in [4.78, 5) is 17.6. The molecule has 5 rings (SSSR count). The average molecular weight is 469 g/mol. The van der Waals surface area contributed by atoms with Crippen LogP contribution in [0.5, 0.6) is 0 Å². The van der Waals surface area contributed by atoms with Crippen LogP contribution in [0.15, 0.2) is 64.6 Å². The largest absolute Gasteiger partial charge is 0.293 e. The van der Waals surface area contributed by atoms with Crippen LogP contribution < -0.4 is 0 Å². The van der Waals surface area contributed by atoms with Gasteiger partial charge in [-0.15, -0.1) is 5.10 Å². The molecule has 1 saturated carbocycles. The van der Waals surface area contributed by atoms with Crippen LogP contribution >= 0.6 is 11.8 Å². The maximum atomic E-state index is 12.7. The SMILES string of the molecule is O=C(CSc1nc(C2CC2)n(-c2ccccc2)n1)c1ccc(S(=O)(=O)N2CCCC2)cc1. The molecular formula is C23H24N4O3S2. The Bertz CT molecular complexity index is 1210. The third-order valence-electron chi connectivity index (χ3n) is 5.77. The summed E-state index contributed by atoms with van der Waals surface area (Å²) in [5, 5.41) is 5.21. The maximum Gasteiger partial charge on any atom is 0.243 e. The lowest BCUT2D eigenvalue weighted by atomic mass is 10.1. The van der Waals surface area contributed by atoms with Crippen LogP contribution in [-0.4, -0.2) is 52.1 Å². The third-order valence-corrected chi connectivity index (χ3v) is 8.52. The molecule has 9 heteroatoms. The Morgan fingerprint density at radius 2 is 1.69 bits per heavy atom. The molecule has 3 aromatic rings. The van der Waals surface area contributed by atoms with Crippen molar-refractivity contribution in [2.24, 2.45) is 0 Å². The minimum atomic E-state index is -3.47. The number of rotatable bonds is 8. The van der Waals surface area contributed by atoms with E-state index in [4.69, 9.17) is 0 Å². The van der Waals surface area contributed by atoms with E-state index in [9.17, 15) is 13.2 Å². The van der Waals surface area contributed by atoms with Gasteiger partial charge in [-0.1, -0.05) is 42.1 Å². The topological polar surface area (TPSA) is 85.2 Å². The molecule has 0 spiro atoms. The Balaban J connectivity index is 1.27. The lowest BCUT2D eigenvalue weighted by molar-refractivity contribution is 0.102. The van der Waals surface area contributed by atoms with E-state index < -0.39 is 10.0 Å². The summed E-state index contributed by atoms with van der Waals surface area (Å²) in [6.07, 6.45) is 4.01. The van der Waals surface area contributed by atoms with E-state index in [2.05, 4.69) is 10.1 Å². The highest BCUT2D eigenvalue weighted by atomic mass is 32.2. The number of para-hydroxylation sites is 1. The predicted octanol–water partition coefficient (Wildman–Crippen LogP) is 3.90. The number of aromatic nitrogens is 3. The Morgan fingerprint density at radius 1 is 1.00 bits per heavy atom. The number of hydrogen-bond donors (Lipinski definition) is 0. The molecule has 2 fully saturated rings. The molecule has 1 aliphatic heterocycles.